The summed E-state index contributed by atoms with van der Waals surface area (Å²) >= 11 is 0. The number of hydrogen-bond acceptors (Lipinski definition) is 6. The minimum absolute atomic E-state index is 0.141. The van der Waals surface area contributed by atoms with Crippen molar-refractivity contribution in [2.24, 2.45) is 0 Å². The number of nitrogens with two attached hydrogens (primary N) is 1. The fourth-order valence-electron chi connectivity index (χ4n) is 5.17. The first kappa shape index (κ1) is 27.4. The Morgan fingerprint density at radius 2 is 1.90 bits per heavy atom. The van der Waals surface area contributed by atoms with E-state index in [1.54, 1.807) is 18.3 Å². The second-order valence-electron chi connectivity index (χ2n) is 10.4. The Balaban J connectivity index is 1.48. The number of piperidine rings is 1. The number of likely N-dealkylation sites (N-methyl/N-ethyl adjacent to an activating group) is 1. The summed E-state index contributed by atoms with van der Waals surface area (Å²) in [4.78, 5) is 25.9. The molecule has 40 heavy (non-hydrogen) atoms. The van der Waals surface area contributed by atoms with Crippen LogP contribution >= 0.6 is 0 Å². The van der Waals surface area contributed by atoms with Crippen molar-refractivity contribution in [3.63, 3.8) is 0 Å². The number of nitrogens with zero attached hydrogens (tertiary/aromatic N) is 4. The third-order valence-corrected chi connectivity index (χ3v) is 7.45. The number of aryl methyl sites for hydroxylation is 1. The lowest BCUT2D eigenvalue weighted by Gasteiger charge is -2.38. The second kappa shape index (κ2) is 10.8. The molecule has 1 saturated heterocycles. The highest BCUT2D eigenvalue weighted by Gasteiger charge is 2.32. The number of nitrogens with one attached hydrogen (secondary N) is 1. The molecule has 1 atom stereocenters. The molecule has 1 aliphatic heterocycles. The fraction of sp³-hybridized carbons (Fsp3) is 0.300. The fourth-order valence-corrected chi connectivity index (χ4v) is 5.17. The first-order valence-corrected chi connectivity index (χ1v) is 13.1. The molecule has 3 N–H and O–H groups in total. The molecule has 3 aromatic carbocycles. The number of rotatable bonds is 5. The standard InChI is InChI=1S/C30H31F3N6O/c1-18-6-7-20(14-24(18)19-8-10-25-21(13-19)16-35-29(34)37-25)28(40)36-26-15-22(30(31,32)33)9-11-27(26)39-12-4-5-23(17-39)38(2)3/h6-11,13-16,23H,4-5,12,17H2,1-3H3,(H,36,40)(H2,34,35,37). The largest absolute Gasteiger partial charge is 0.416 e. The highest BCUT2D eigenvalue weighted by Crippen LogP contribution is 2.37. The number of halogens is 3. The topological polar surface area (TPSA) is 87.4 Å². The summed E-state index contributed by atoms with van der Waals surface area (Å²) in [6, 6.07) is 14.7. The zero-order valence-electron chi connectivity index (χ0n) is 22.6. The van der Waals surface area contributed by atoms with E-state index < -0.39 is 17.6 Å². The molecule has 1 fully saturated rings. The summed E-state index contributed by atoms with van der Waals surface area (Å²) in [6.07, 6.45) is -0.981. The highest BCUT2D eigenvalue weighted by atomic mass is 19.4. The molecule has 1 unspecified atom stereocenters. The lowest BCUT2D eigenvalue weighted by Crippen LogP contribution is -2.45. The van der Waals surface area contributed by atoms with Gasteiger partial charge in [0.2, 0.25) is 5.95 Å². The Hall–Kier alpha value is -4.18. The van der Waals surface area contributed by atoms with E-state index in [-0.39, 0.29) is 17.7 Å². The molecule has 10 heteroatoms. The van der Waals surface area contributed by atoms with E-state index >= 15 is 0 Å². The Morgan fingerprint density at radius 1 is 1.10 bits per heavy atom. The Kier molecular flexibility index (Phi) is 7.37. The van der Waals surface area contributed by atoms with Crippen LogP contribution in [0.25, 0.3) is 22.0 Å². The smallest absolute Gasteiger partial charge is 0.368 e. The first-order valence-electron chi connectivity index (χ1n) is 13.1. The zero-order valence-corrected chi connectivity index (χ0v) is 22.6. The van der Waals surface area contributed by atoms with Gasteiger partial charge in [0.15, 0.2) is 0 Å². The molecule has 208 valence electrons. The van der Waals surface area contributed by atoms with Crippen LogP contribution in [0, 0.1) is 6.92 Å². The average molecular weight is 549 g/mol. The van der Waals surface area contributed by atoms with E-state index in [2.05, 4.69) is 25.1 Å². The molecule has 0 radical (unpaired) electrons. The molecule has 5 rings (SSSR count). The second-order valence-corrected chi connectivity index (χ2v) is 10.4. The Labute approximate surface area is 230 Å². The molecule has 0 saturated carbocycles. The number of alkyl halides is 3. The Morgan fingerprint density at radius 3 is 2.65 bits per heavy atom. The van der Waals surface area contributed by atoms with E-state index in [0.717, 1.165) is 47.1 Å². The average Bonchev–Trinajstić information content (AvgIpc) is 2.92. The third kappa shape index (κ3) is 5.72. The maximum atomic E-state index is 13.6. The van der Waals surface area contributed by atoms with Gasteiger partial charge in [0.05, 0.1) is 22.5 Å². The van der Waals surface area contributed by atoms with E-state index in [4.69, 9.17) is 5.73 Å². The maximum Gasteiger partial charge on any atom is 0.416 e. The number of aromatic nitrogens is 2. The predicted molar refractivity (Wildman–Crippen MR) is 152 cm³/mol. The van der Waals surface area contributed by atoms with Gasteiger partial charge >= 0.3 is 6.18 Å². The van der Waals surface area contributed by atoms with Gasteiger partial charge in [-0.15, -0.1) is 0 Å². The van der Waals surface area contributed by atoms with Crippen molar-refractivity contribution in [2.45, 2.75) is 32.0 Å². The van der Waals surface area contributed by atoms with Gasteiger partial charge in [0.1, 0.15) is 0 Å². The number of amides is 1. The summed E-state index contributed by atoms with van der Waals surface area (Å²) in [5, 5.41) is 3.58. The van der Waals surface area contributed by atoms with Gasteiger partial charge < -0.3 is 20.9 Å². The lowest BCUT2D eigenvalue weighted by molar-refractivity contribution is -0.137. The molecule has 1 amide bonds. The normalized spacial score (nSPS) is 16.0. The van der Waals surface area contributed by atoms with Gasteiger partial charge in [-0.3, -0.25) is 4.79 Å². The SMILES string of the molecule is Cc1ccc(C(=O)Nc2cc(C(F)(F)F)ccc2N2CCCC(N(C)C)C2)cc1-c1ccc2nc(N)ncc2c1. The van der Waals surface area contributed by atoms with Gasteiger partial charge in [0.25, 0.3) is 5.91 Å². The van der Waals surface area contributed by atoms with Crippen molar-refractivity contribution in [3.8, 4) is 11.1 Å². The number of hydrogen-bond donors (Lipinski definition) is 2. The third-order valence-electron chi connectivity index (χ3n) is 7.45. The number of anilines is 3. The number of nitrogen functional groups attached to an aromatic ring is 1. The van der Waals surface area contributed by atoms with Crippen molar-refractivity contribution in [1.29, 1.82) is 0 Å². The van der Waals surface area contributed by atoms with Crippen LogP contribution in [0.4, 0.5) is 30.5 Å². The summed E-state index contributed by atoms with van der Waals surface area (Å²) in [6.45, 7) is 3.29. The van der Waals surface area contributed by atoms with Crippen LogP contribution < -0.4 is 16.0 Å². The summed E-state index contributed by atoms with van der Waals surface area (Å²) < 4.78 is 40.9. The summed E-state index contributed by atoms with van der Waals surface area (Å²) in [5.41, 5.74) is 9.26. The van der Waals surface area contributed by atoms with Crippen LogP contribution in [-0.4, -0.2) is 54.0 Å². The van der Waals surface area contributed by atoms with Crippen molar-refractivity contribution < 1.29 is 18.0 Å². The molecule has 0 bridgehead atoms. The van der Waals surface area contributed by atoms with E-state index in [9.17, 15) is 18.0 Å². The molecular formula is C30H31F3N6O. The summed E-state index contributed by atoms with van der Waals surface area (Å²) in [5.74, 6) is -0.300. The molecule has 2 heterocycles. The van der Waals surface area contributed by atoms with Crippen LogP contribution in [0.3, 0.4) is 0 Å². The molecule has 1 aromatic heterocycles. The van der Waals surface area contributed by atoms with E-state index in [1.807, 2.05) is 45.3 Å². The molecule has 0 aliphatic carbocycles. The van der Waals surface area contributed by atoms with Gasteiger partial charge in [-0.1, -0.05) is 12.1 Å². The van der Waals surface area contributed by atoms with Crippen molar-refractivity contribution in [1.82, 2.24) is 14.9 Å². The minimum Gasteiger partial charge on any atom is -0.368 e. The van der Waals surface area contributed by atoms with Crippen molar-refractivity contribution >= 4 is 34.1 Å². The van der Waals surface area contributed by atoms with Gasteiger partial charge in [-0.25, -0.2) is 9.97 Å². The van der Waals surface area contributed by atoms with Crippen LogP contribution in [0.2, 0.25) is 0 Å². The number of carbonyl (C=O) groups excluding carboxylic acids is 1. The molecule has 7 nitrogen and oxygen atoms in total. The maximum absolute atomic E-state index is 13.6. The van der Waals surface area contributed by atoms with E-state index in [0.29, 0.717) is 29.9 Å². The van der Waals surface area contributed by atoms with Gasteiger partial charge in [0, 0.05) is 36.3 Å². The molecule has 4 aromatic rings. The first-order chi connectivity index (χ1) is 19.0. The van der Waals surface area contributed by atoms with Gasteiger partial charge in [-0.05, 0) is 93.0 Å². The zero-order chi connectivity index (χ0) is 28.6. The number of fused-ring (bicyclic) bond motifs is 1. The molecule has 1 aliphatic rings. The highest BCUT2D eigenvalue weighted by molar-refractivity contribution is 6.07. The van der Waals surface area contributed by atoms with Crippen molar-refractivity contribution in [2.75, 3.05) is 43.1 Å². The molecular weight excluding hydrogens is 517 g/mol. The van der Waals surface area contributed by atoms with Crippen LogP contribution in [-0.2, 0) is 6.18 Å². The predicted octanol–water partition coefficient (Wildman–Crippen LogP) is 5.99. The number of carbonyl (C=O) groups is 1. The van der Waals surface area contributed by atoms with Crippen LogP contribution in [0.15, 0.2) is 60.8 Å². The Bertz CT molecular complexity index is 1570. The number of benzene rings is 3. The summed E-state index contributed by atoms with van der Waals surface area (Å²) in [7, 11) is 3.99. The molecule has 0 spiro atoms. The minimum atomic E-state index is -4.53. The van der Waals surface area contributed by atoms with E-state index in [1.165, 1.54) is 6.07 Å². The van der Waals surface area contributed by atoms with Crippen LogP contribution in [0.5, 0.6) is 0 Å². The lowest BCUT2D eigenvalue weighted by atomic mass is 9.96. The quantitative estimate of drug-likeness (QED) is 0.319. The van der Waals surface area contributed by atoms with Crippen LogP contribution in [0.1, 0.15) is 34.3 Å². The monoisotopic (exact) mass is 548 g/mol. The van der Waals surface area contributed by atoms with Crippen molar-refractivity contribution in [3.05, 3.63) is 77.5 Å². The van der Waals surface area contributed by atoms with Gasteiger partial charge in [-0.2, -0.15) is 13.2 Å².